The van der Waals surface area contributed by atoms with Gasteiger partial charge in [0.05, 0.1) is 5.02 Å². The Labute approximate surface area is 195 Å². The summed E-state index contributed by atoms with van der Waals surface area (Å²) in [6.45, 7) is -0.928. The second-order valence-electron chi connectivity index (χ2n) is 9.24. The molecule has 34 heavy (non-hydrogen) atoms. The van der Waals surface area contributed by atoms with Gasteiger partial charge in [0.25, 0.3) is 0 Å². The van der Waals surface area contributed by atoms with E-state index in [2.05, 4.69) is 9.97 Å². The number of halogens is 7. The molecule has 2 amide bonds. The Morgan fingerprint density at radius 2 is 1.56 bits per heavy atom. The van der Waals surface area contributed by atoms with E-state index in [0.717, 1.165) is 9.80 Å². The first-order valence-corrected chi connectivity index (χ1v) is 11.0. The second-order valence-corrected chi connectivity index (χ2v) is 9.68. The highest BCUT2D eigenvalue weighted by Crippen LogP contribution is 2.55. The number of piperidine rings is 1. The number of rotatable bonds is 3. The van der Waals surface area contributed by atoms with Crippen molar-refractivity contribution in [3.63, 3.8) is 0 Å². The third kappa shape index (κ3) is 4.27. The fraction of sp³-hybridized carbons (Fsp3) is 0.700. The molecule has 1 aromatic heterocycles. The molecule has 3 aliphatic rings. The minimum atomic E-state index is -5.54. The molecular formula is C20H21ClF6N4O3. The van der Waals surface area contributed by atoms with E-state index in [9.17, 15) is 41.0 Å². The maximum atomic E-state index is 13.7. The highest BCUT2D eigenvalue weighted by molar-refractivity contribution is 6.30. The van der Waals surface area contributed by atoms with Crippen molar-refractivity contribution in [2.45, 2.75) is 55.4 Å². The number of amides is 2. The molecule has 1 saturated carbocycles. The molecule has 1 aliphatic carbocycles. The Morgan fingerprint density at radius 3 is 2.00 bits per heavy atom. The molecule has 0 aromatic carbocycles. The highest BCUT2D eigenvalue weighted by Gasteiger charge is 2.66. The van der Waals surface area contributed by atoms with E-state index in [0.29, 0.717) is 12.8 Å². The Bertz CT molecular complexity index is 945. The molecule has 1 unspecified atom stereocenters. The van der Waals surface area contributed by atoms with Gasteiger partial charge in [0.1, 0.15) is 11.2 Å². The van der Waals surface area contributed by atoms with Crippen LogP contribution in [0.15, 0.2) is 12.4 Å². The quantitative estimate of drug-likeness (QED) is 0.609. The molecule has 4 rings (SSSR count). The number of carbonyl (C=O) groups is 2. The van der Waals surface area contributed by atoms with Crippen LogP contribution >= 0.6 is 11.6 Å². The van der Waals surface area contributed by atoms with Crippen LogP contribution in [0.2, 0.25) is 5.02 Å². The zero-order chi connectivity index (χ0) is 25.1. The monoisotopic (exact) mass is 514 g/mol. The predicted octanol–water partition coefficient (Wildman–Crippen LogP) is 4.26. The van der Waals surface area contributed by atoms with E-state index in [1.165, 1.54) is 12.4 Å². The molecule has 7 nitrogen and oxygen atoms in total. The number of hydrogen-bond donors (Lipinski definition) is 1. The summed E-state index contributed by atoms with van der Waals surface area (Å²) in [7, 11) is 0. The van der Waals surface area contributed by atoms with Gasteiger partial charge in [-0.3, -0.25) is 4.79 Å². The number of likely N-dealkylation sites (tertiary alicyclic amines) is 2. The van der Waals surface area contributed by atoms with E-state index < -0.39 is 60.1 Å². The third-order valence-electron chi connectivity index (χ3n) is 7.23. The van der Waals surface area contributed by atoms with Gasteiger partial charge in [-0.15, -0.1) is 0 Å². The summed E-state index contributed by atoms with van der Waals surface area (Å²) < 4.78 is 81.2. The molecule has 0 radical (unpaired) electrons. The van der Waals surface area contributed by atoms with Crippen molar-refractivity contribution in [3.8, 4) is 0 Å². The number of carbonyl (C=O) groups excluding carboxylic acids is 1. The fourth-order valence-electron chi connectivity index (χ4n) is 5.40. The SMILES string of the molecule is O=C(O)N1CCC2(CC1)CC(C(C(F)(F)F)C(F)(F)F)CN2C(=O)C1(c2ncc(Cl)cn2)CC1. The number of aromatic nitrogens is 2. The van der Waals surface area contributed by atoms with Crippen LogP contribution in [0.4, 0.5) is 31.1 Å². The third-order valence-corrected chi connectivity index (χ3v) is 7.42. The van der Waals surface area contributed by atoms with Crippen LogP contribution in [0.25, 0.3) is 0 Å². The van der Waals surface area contributed by atoms with E-state index in [-0.39, 0.29) is 36.8 Å². The Hall–Kier alpha value is -2.31. The van der Waals surface area contributed by atoms with Gasteiger partial charge in [0.2, 0.25) is 5.91 Å². The summed E-state index contributed by atoms with van der Waals surface area (Å²) in [6.07, 6.45) is -9.80. The lowest BCUT2D eigenvalue weighted by atomic mass is 9.79. The maximum Gasteiger partial charge on any atom is 0.407 e. The lowest BCUT2D eigenvalue weighted by molar-refractivity contribution is -0.297. The first-order chi connectivity index (χ1) is 15.7. The Kier molecular flexibility index (Phi) is 5.93. The maximum absolute atomic E-state index is 13.7. The van der Waals surface area contributed by atoms with Gasteiger partial charge in [-0.25, -0.2) is 14.8 Å². The van der Waals surface area contributed by atoms with Crippen molar-refractivity contribution in [2.24, 2.45) is 11.8 Å². The van der Waals surface area contributed by atoms with Crippen LogP contribution in [0.3, 0.4) is 0 Å². The number of nitrogens with zero attached hydrogens (tertiary/aromatic N) is 4. The molecule has 1 aromatic rings. The van der Waals surface area contributed by atoms with Crippen LogP contribution in [0, 0.1) is 11.8 Å². The first-order valence-electron chi connectivity index (χ1n) is 10.6. The van der Waals surface area contributed by atoms with Gasteiger partial charge < -0.3 is 14.9 Å². The smallest absolute Gasteiger partial charge is 0.407 e. The van der Waals surface area contributed by atoms with Crippen LogP contribution in [-0.2, 0) is 10.2 Å². The predicted molar refractivity (Wildman–Crippen MR) is 105 cm³/mol. The molecule has 0 bridgehead atoms. The summed E-state index contributed by atoms with van der Waals surface area (Å²) in [6, 6.07) is 0. The largest absolute Gasteiger partial charge is 0.465 e. The van der Waals surface area contributed by atoms with Crippen molar-refractivity contribution in [1.82, 2.24) is 19.8 Å². The van der Waals surface area contributed by atoms with E-state index in [1.807, 2.05) is 0 Å². The van der Waals surface area contributed by atoms with Gasteiger partial charge in [0.15, 0.2) is 5.92 Å². The van der Waals surface area contributed by atoms with Gasteiger partial charge in [-0.1, -0.05) is 11.6 Å². The Balaban J connectivity index is 1.69. The minimum absolute atomic E-state index is 0.0540. The molecule has 3 fully saturated rings. The normalized spacial score (nSPS) is 24.1. The van der Waals surface area contributed by atoms with Crippen molar-refractivity contribution >= 4 is 23.6 Å². The van der Waals surface area contributed by atoms with Crippen molar-refractivity contribution in [1.29, 1.82) is 0 Å². The summed E-state index contributed by atoms with van der Waals surface area (Å²) in [4.78, 5) is 35.3. The minimum Gasteiger partial charge on any atom is -0.465 e. The van der Waals surface area contributed by atoms with Crippen LogP contribution in [0.5, 0.6) is 0 Å². The zero-order valence-electron chi connectivity index (χ0n) is 17.7. The van der Waals surface area contributed by atoms with Crippen molar-refractivity contribution in [2.75, 3.05) is 19.6 Å². The number of alkyl halides is 6. The van der Waals surface area contributed by atoms with Crippen molar-refractivity contribution in [3.05, 3.63) is 23.2 Å². The fourth-order valence-corrected chi connectivity index (χ4v) is 5.49. The van der Waals surface area contributed by atoms with Gasteiger partial charge in [0, 0.05) is 37.6 Å². The molecular weight excluding hydrogens is 494 g/mol. The second kappa shape index (κ2) is 8.13. The van der Waals surface area contributed by atoms with Gasteiger partial charge in [-0.2, -0.15) is 26.3 Å². The summed E-state index contributed by atoms with van der Waals surface area (Å²) in [5.74, 6) is -5.99. The number of hydrogen-bond acceptors (Lipinski definition) is 4. The molecule has 1 spiro atoms. The van der Waals surface area contributed by atoms with E-state index in [1.54, 1.807) is 0 Å². The van der Waals surface area contributed by atoms with Crippen molar-refractivity contribution < 1.29 is 41.0 Å². The van der Waals surface area contributed by atoms with E-state index >= 15 is 0 Å². The van der Waals surface area contributed by atoms with Crippen LogP contribution in [0.1, 0.15) is 37.9 Å². The van der Waals surface area contributed by atoms with Crippen LogP contribution < -0.4 is 0 Å². The highest BCUT2D eigenvalue weighted by atomic mass is 35.5. The zero-order valence-corrected chi connectivity index (χ0v) is 18.4. The topological polar surface area (TPSA) is 86.6 Å². The average molecular weight is 515 g/mol. The number of carboxylic acid groups (broad SMARTS) is 1. The lowest BCUT2D eigenvalue weighted by Gasteiger charge is -2.45. The van der Waals surface area contributed by atoms with E-state index in [4.69, 9.17) is 11.6 Å². The molecule has 2 saturated heterocycles. The average Bonchev–Trinajstić information content (AvgIpc) is 3.45. The molecule has 1 atom stereocenters. The lowest BCUT2D eigenvalue weighted by Crippen LogP contribution is -2.57. The van der Waals surface area contributed by atoms with Gasteiger partial charge >= 0.3 is 18.4 Å². The molecule has 188 valence electrons. The molecule has 2 aliphatic heterocycles. The standard InChI is InChI=1S/C20H21ClF6N4O3/c21-12-8-28-14(29-9-12)18(1-2-18)15(32)31-10-11(13(19(22,23)24)20(25,26)27)7-17(31)3-5-30(6-4-17)16(33)34/h8-9,11,13H,1-7,10H2,(H,33,34). The summed E-state index contributed by atoms with van der Waals surface area (Å²) >= 11 is 5.80. The van der Waals surface area contributed by atoms with Crippen LogP contribution in [-0.4, -0.2) is 74.4 Å². The first kappa shape index (κ1) is 24.8. The van der Waals surface area contributed by atoms with Gasteiger partial charge in [-0.05, 0) is 38.0 Å². The Morgan fingerprint density at radius 1 is 1.03 bits per heavy atom. The molecule has 1 N–H and O–H groups in total. The molecule has 3 heterocycles. The molecule has 14 heteroatoms. The summed E-state index contributed by atoms with van der Waals surface area (Å²) in [5, 5.41) is 9.44. The summed E-state index contributed by atoms with van der Waals surface area (Å²) in [5.41, 5.74) is -2.55.